The number of ketones is 1. The van der Waals surface area contributed by atoms with Gasteiger partial charge in [0.15, 0.2) is 5.78 Å². The lowest BCUT2D eigenvalue weighted by molar-refractivity contribution is 0.0941. The van der Waals surface area contributed by atoms with Crippen molar-refractivity contribution >= 4 is 22.5 Å². The van der Waals surface area contributed by atoms with Crippen LogP contribution in [0.2, 0.25) is 0 Å². The Hall–Kier alpha value is -3.47. The van der Waals surface area contributed by atoms with Crippen LogP contribution in [0.4, 0.5) is 5.69 Å². The van der Waals surface area contributed by atoms with E-state index in [0.717, 1.165) is 27.8 Å². The SMILES string of the molecule is Cc1ccc(C(=O)C(c2ccc(N(C)C)cc2)n2nnc3ccccc32)cc1. The lowest BCUT2D eigenvalue weighted by Gasteiger charge is -2.19. The summed E-state index contributed by atoms with van der Waals surface area (Å²) in [5.41, 5.74) is 5.35. The van der Waals surface area contributed by atoms with E-state index >= 15 is 0 Å². The van der Waals surface area contributed by atoms with Gasteiger partial charge in [0.05, 0.1) is 5.52 Å². The van der Waals surface area contributed by atoms with Gasteiger partial charge in [-0.15, -0.1) is 5.10 Å². The first-order valence-corrected chi connectivity index (χ1v) is 9.23. The Kier molecular flexibility index (Phi) is 4.65. The molecule has 4 aromatic rings. The molecular formula is C23H22N4O. The summed E-state index contributed by atoms with van der Waals surface area (Å²) in [5, 5.41) is 8.58. The topological polar surface area (TPSA) is 51.0 Å². The summed E-state index contributed by atoms with van der Waals surface area (Å²) in [5.74, 6) is -0.00624. The van der Waals surface area contributed by atoms with Crippen molar-refractivity contribution in [1.82, 2.24) is 15.0 Å². The van der Waals surface area contributed by atoms with Crippen molar-refractivity contribution in [1.29, 1.82) is 0 Å². The second kappa shape index (κ2) is 7.27. The van der Waals surface area contributed by atoms with Crippen molar-refractivity contribution in [2.75, 3.05) is 19.0 Å². The average molecular weight is 370 g/mol. The number of hydrogen-bond acceptors (Lipinski definition) is 4. The molecular weight excluding hydrogens is 348 g/mol. The number of Topliss-reactive ketones (excluding diaryl/α,β-unsaturated/α-hetero) is 1. The maximum absolute atomic E-state index is 13.5. The first-order valence-electron chi connectivity index (χ1n) is 9.23. The number of aromatic nitrogens is 3. The monoisotopic (exact) mass is 370 g/mol. The number of carbonyl (C=O) groups excluding carboxylic acids is 1. The highest BCUT2D eigenvalue weighted by Crippen LogP contribution is 2.27. The molecule has 1 atom stereocenters. The number of rotatable bonds is 5. The third kappa shape index (κ3) is 3.27. The highest BCUT2D eigenvalue weighted by Gasteiger charge is 2.26. The van der Waals surface area contributed by atoms with Crippen LogP contribution in [0.25, 0.3) is 11.0 Å². The van der Waals surface area contributed by atoms with Crippen LogP contribution in [0.15, 0.2) is 72.8 Å². The van der Waals surface area contributed by atoms with Crippen LogP contribution in [0.5, 0.6) is 0 Å². The molecule has 0 amide bonds. The molecule has 0 fully saturated rings. The normalized spacial score (nSPS) is 12.1. The van der Waals surface area contributed by atoms with E-state index in [0.29, 0.717) is 5.56 Å². The van der Waals surface area contributed by atoms with Gasteiger partial charge in [-0.1, -0.05) is 59.3 Å². The van der Waals surface area contributed by atoms with Gasteiger partial charge in [0.1, 0.15) is 11.6 Å². The predicted molar refractivity (Wildman–Crippen MR) is 112 cm³/mol. The smallest absolute Gasteiger partial charge is 0.191 e. The van der Waals surface area contributed by atoms with Crippen LogP contribution in [-0.2, 0) is 0 Å². The fraction of sp³-hybridized carbons (Fsp3) is 0.174. The van der Waals surface area contributed by atoms with Crippen LogP contribution < -0.4 is 4.90 Å². The second-order valence-electron chi connectivity index (χ2n) is 7.14. The van der Waals surface area contributed by atoms with Gasteiger partial charge in [0.2, 0.25) is 0 Å². The second-order valence-corrected chi connectivity index (χ2v) is 7.14. The fourth-order valence-corrected chi connectivity index (χ4v) is 3.31. The van der Waals surface area contributed by atoms with Gasteiger partial charge >= 0.3 is 0 Å². The number of aryl methyl sites for hydroxylation is 1. The maximum atomic E-state index is 13.5. The van der Waals surface area contributed by atoms with Crippen molar-refractivity contribution in [2.24, 2.45) is 0 Å². The predicted octanol–water partition coefficient (Wildman–Crippen LogP) is 4.28. The molecule has 140 valence electrons. The van der Waals surface area contributed by atoms with E-state index in [1.54, 1.807) is 4.68 Å². The molecule has 3 aromatic carbocycles. The average Bonchev–Trinajstić information content (AvgIpc) is 3.13. The lowest BCUT2D eigenvalue weighted by Crippen LogP contribution is -2.22. The third-order valence-electron chi connectivity index (χ3n) is 4.93. The molecule has 0 aliphatic carbocycles. The standard InChI is InChI=1S/C23H22N4O/c1-16-8-10-18(11-9-16)23(28)22(17-12-14-19(15-13-17)26(2)3)27-21-7-5-4-6-20(21)24-25-27/h4-15,22H,1-3H3. The molecule has 0 saturated heterocycles. The molecule has 0 N–H and O–H groups in total. The molecule has 1 unspecified atom stereocenters. The van der Waals surface area contributed by atoms with Gasteiger partial charge in [-0.3, -0.25) is 4.79 Å². The quantitative estimate of drug-likeness (QED) is 0.492. The highest BCUT2D eigenvalue weighted by atomic mass is 16.1. The van der Waals surface area contributed by atoms with E-state index in [1.165, 1.54) is 0 Å². The minimum Gasteiger partial charge on any atom is -0.378 e. The summed E-state index contributed by atoms with van der Waals surface area (Å²) in [6.07, 6.45) is 0. The molecule has 1 aromatic heterocycles. The zero-order valence-corrected chi connectivity index (χ0v) is 16.2. The maximum Gasteiger partial charge on any atom is 0.191 e. The van der Waals surface area contributed by atoms with Crippen molar-refractivity contribution in [2.45, 2.75) is 13.0 Å². The first kappa shape index (κ1) is 17.9. The molecule has 28 heavy (non-hydrogen) atoms. The molecule has 0 aliphatic heterocycles. The molecule has 4 rings (SSSR count). The third-order valence-corrected chi connectivity index (χ3v) is 4.93. The van der Waals surface area contributed by atoms with E-state index in [9.17, 15) is 4.79 Å². The minimum atomic E-state index is -0.577. The minimum absolute atomic E-state index is 0.00624. The van der Waals surface area contributed by atoms with E-state index in [4.69, 9.17) is 0 Å². The summed E-state index contributed by atoms with van der Waals surface area (Å²) in [6.45, 7) is 2.01. The van der Waals surface area contributed by atoms with Crippen molar-refractivity contribution in [3.05, 3.63) is 89.5 Å². The summed E-state index contributed by atoms with van der Waals surface area (Å²) in [4.78, 5) is 15.6. The number of fused-ring (bicyclic) bond motifs is 1. The van der Waals surface area contributed by atoms with Crippen LogP contribution in [-0.4, -0.2) is 34.9 Å². The summed E-state index contributed by atoms with van der Waals surface area (Å²) in [6, 6.07) is 22.8. The van der Waals surface area contributed by atoms with Crippen molar-refractivity contribution in [3.63, 3.8) is 0 Å². The summed E-state index contributed by atoms with van der Waals surface area (Å²) < 4.78 is 1.72. The number of nitrogens with zero attached hydrogens (tertiary/aromatic N) is 4. The number of anilines is 1. The van der Waals surface area contributed by atoms with E-state index in [1.807, 2.05) is 98.7 Å². The van der Waals surface area contributed by atoms with Crippen LogP contribution in [0.1, 0.15) is 27.5 Å². The number of hydrogen-bond donors (Lipinski definition) is 0. The Morgan fingerprint density at radius 2 is 1.61 bits per heavy atom. The molecule has 1 heterocycles. The van der Waals surface area contributed by atoms with E-state index in [2.05, 4.69) is 10.3 Å². The molecule has 0 bridgehead atoms. The highest BCUT2D eigenvalue weighted by molar-refractivity contribution is 6.01. The Balaban J connectivity index is 1.85. The molecule has 0 spiro atoms. The Morgan fingerprint density at radius 1 is 0.929 bits per heavy atom. The van der Waals surface area contributed by atoms with Crippen LogP contribution in [0.3, 0.4) is 0 Å². The fourth-order valence-electron chi connectivity index (χ4n) is 3.31. The first-order chi connectivity index (χ1) is 13.5. The molecule has 0 aliphatic rings. The summed E-state index contributed by atoms with van der Waals surface area (Å²) in [7, 11) is 3.99. The van der Waals surface area contributed by atoms with Gasteiger partial charge in [-0.05, 0) is 36.8 Å². The van der Waals surface area contributed by atoms with Gasteiger partial charge in [-0.25, -0.2) is 4.68 Å². The largest absolute Gasteiger partial charge is 0.378 e. The van der Waals surface area contributed by atoms with Gasteiger partial charge in [0, 0.05) is 25.3 Å². The van der Waals surface area contributed by atoms with Crippen LogP contribution >= 0.6 is 0 Å². The number of carbonyl (C=O) groups is 1. The van der Waals surface area contributed by atoms with Gasteiger partial charge in [0.25, 0.3) is 0 Å². The van der Waals surface area contributed by atoms with E-state index in [-0.39, 0.29) is 5.78 Å². The summed E-state index contributed by atoms with van der Waals surface area (Å²) >= 11 is 0. The molecule has 5 heteroatoms. The van der Waals surface area contributed by atoms with Gasteiger partial charge in [-0.2, -0.15) is 0 Å². The number of benzene rings is 3. The van der Waals surface area contributed by atoms with Crippen LogP contribution in [0, 0.1) is 6.92 Å². The molecule has 5 nitrogen and oxygen atoms in total. The van der Waals surface area contributed by atoms with E-state index < -0.39 is 6.04 Å². The lowest BCUT2D eigenvalue weighted by atomic mass is 9.96. The van der Waals surface area contributed by atoms with Gasteiger partial charge < -0.3 is 4.90 Å². The zero-order chi connectivity index (χ0) is 19.7. The van der Waals surface area contributed by atoms with Crippen molar-refractivity contribution in [3.8, 4) is 0 Å². The number of para-hydroxylation sites is 1. The Bertz CT molecular complexity index is 1110. The Morgan fingerprint density at radius 3 is 2.29 bits per heavy atom. The van der Waals surface area contributed by atoms with Crippen molar-refractivity contribution < 1.29 is 4.79 Å². The molecule has 0 saturated carbocycles. The molecule has 0 radical (unpaired) electrons. The Labute approximate surface area is 164 Å². The zero-order valence-electron chi connectivity index (χ0n) is 16.2.